The summed E-state index contributed by atoms with van der Waals surface area (Å²) in [5, 5.41) is 2.82. The molecule has 156 valence electrons. The average Bonchev–Trinajstić information content (AvgIpc) is 3.22. The Bertz CT molecular complexity index is 800. The van der Waals surface area contributed by atoms with Gasteiger partial charge >= 0.3 is 12.1 Å². The van der Waals surface area contributed by atoms with Crippen LogP contribution in [0.25, 0.3) is 0 Å². The predicted octanol–water partition coefficient (Wildman–Crippen LogP) is 4.36. The molecule has 1 fully saturated rings. The van der Waals surface area contributed by atoms with Crippen LogP contribution in [0.15, 0.2) is 53.1 Å². The van der Waals surface area contributed by atoms with Crippen LogP contribution in [0.3, 0.4) is 0 Å². The van der Waals surface area contributed by atoms with Gasteiger partial charge in [-0.3, -0.25) is 9.59 Å². The first-order chi connectivity index (χ1) is 13.9. The Morgan fingerprint density at radius 2 is 1.76 bits per heavy atom. The molecule has 29 heavy (non-hydrogen) atoms. The van der Waals surface area contributed by atoms with E-state index in [9.17, 15) is 22.8 Å². The fourth-order valence-corrected chi connectivity index (χ4v) is 3.62. The molecule has 3 rings (SSSR count). The standard InChI is InChI=1S/C21H23F3N2O3/c22-21(23,24)20(28)26(14-15-8-3-1-4-9-15)18(17-12-7-13-29-17)19(27)25-16-10-5-2-6-11-16/h1,3-4,7-9,12-13,16,18H,2,5-6,10-11,14H2,(H,25,27). The van der Waals surface area contributed by atoms with Crippen molar-refractivity contribution in [3.05, 3.63) is 60.1 Å². The number of rotatable bonds is 6. The summed E-state index contributed by atoms with van der Waals surface area (Å²) >= 11 is 0. The molecule has 1 aromatic carbocycles. The van der Waals surface area contributed by atoms with Gasteiger partial charge in [0.15, 0.2) is 6.04 Å². The third-order valence-electron chi connectivity index (χ3n) is 5.02. The van der Waals surface area contributed by atoms with Crippen LogP contribution < -0.4 is 5.32 Å². The third-order valence-corrected chi connectivity index (χ3v) is 5.02. The van der Waals surface area contributed by atoms with Gasteiger partial charge in [0, 0.05) is 12.6 Å². The molecule has 0 spiro atoms. The van der Waals surface area contributed by atoms with Crippen LogP contribution in [0, 0.1) is 0 Å². The minimum atomic E-state index is -5.12. The number of nitrogens with zero attached hydrogens (tertiary/aromatic N) is 1. The van der Waals surface area contributed by atoms with Gasteiger partial charge in [0.25, 0.3) is 5.91 Å². The van der Waals surface area contributed by atoms with Gasteiger partial charge in [-0.25, -0.2) is 0 Å². The number of halogens is 3. The van der Waals surface area contributed by atoms with Crippen molar-refractivity contribution in [1.29, 1.82) is 0 Å². The highest BCUT2D eigenvalue weighted by atomic mass is 19.4. The second-order valence-electron chi connectivity index (χ2n) is 7.18. The number of carbonyl (C=O) groups excluding carboxylic acids is 2. The van der Waals surface area contributed by atoms with E-state index in [1.807, 2.05) is 0 Å². The summed E-state index contributed by atoms with van der Waals surface area (Å²) in [7, 11) is 0. The zero-order valence-electron chi connectivity index (χ0n) is 15.8. The average molecular weight is 408 g/mol. The van der Waals surface area contributed by atoms with E-state index in [0.29, 0.717) is 10.5 Å². The number of alkyl halides is 3. The molecule has 1 aliphatic carbocycles. The minimum absolute atomic E-state index is 0.00756. The maximum atomic E-state index is 13.4. The SMILES string of the molecule is O=C(NC1CCCCC1)C(c1ccco1)N(Cc1ccccc1)C(=O)C(F)(F)F. The molecule has 1 atom stereocenters. The Morgan fingerprint density at radius 1 is 1.07 bits per heavy atom. The monoisotopic (exact) mass is 408 g/mol. The Labute approximate surface area is 166 Å². The molecule has 8 heteroatoms. The molecule has 1 aliphatic rings. The molecule has 0 radical (unpaired) electrons. The summed E-state index contributed by atoms with van der Waals surface area (Å²) in [6, 6.07) is 9.52. The number of nitrogens with one attached hydrogen (secondary N) is 1. The van der Waals surface area contributed by atoms with Crippen LogP contribution in [0.1, 0.15) is 49.5 Å². The first-order valence-electron chi connectivity index (χ1n) is 9.62. The molecular formula is C21H23F3N2O3. The van der Waals surface area contributed by atoms with Crippen molar-refractivity contribution in [3.63, 3.8) is 0 Å². The van der Waals surface area contributed by atoms with Crippen molar-refractivity contribution in [2.45, 2.75) is 56.9 Å². The van der Waals surface area contributed by atoms with Crippen molar-refractivity contribution < 1.29 is 27.2 Å². The highest BCUT2D eigenvalue weighted by Gasteiger charge is 2.47. The smallest absolute Gasteiger partial charge is 0.467 e. The quantitative estimate of drug-likeness (QED) is 0.773. The molecule has 0 saturated heterocycles. The second kappa shape index (κ2) is 9.15. The summed E-state index contributed by atoms with van der Waals surface area (Å²) in [6.45, 7) is -0.372. The van der Waals surface area contributed by atoms with Gasteiger partial charge in [-0.15, -0.1) is 0 Å². The van der Waals surface area contributed by atoms with Crippen molar-refractivity contribution in [1.82, 2.24) is 10.2 Å². The van der Waals surface area contributed by atoms with Crippen molar-refractivity contribution in [2.75, 3.05) is 0 Å². The molecule has 1 unspecified atom stereocenters. The number of benzene rings is 1. The largest absolute Gasteiger partial charge is 0.471 e. The highest BCUT2D eigenvalue weighted by Crippen LogP contribution is 2.30. The lowest BCUT2D eigenvalue weighted by Gasteiger charge is -2.32. The van der Waals surface area contributed by atoms with Crippen molar-refractivity contribution >= 4 is 11.8 Å². The summed E-state index contributed by atoms with van der Waals surface area (Å²) in [5.74, 6) is -2.76. The normalized spacial score (nSPS) is 16.2. The number of carbonyl (C=O) groups is 2. The molecule has 1 saturated carbocycles. The van der Waals surface area contributed by atoms with E-state index < -0.39 is 24.0 Å². The molecule has 0 bridgehead atoms. The minimum Gasteiger partial charge on any atom is -0.467 e. The number of hydrogen-bond donors (Lipinski definition) is 1. The van der Waals surface area contributed by atoms with Crippen LogP contribution in [-0.2, 0) is 16.1 Å². The van der Waals surface area contributed by atoms with Crippen molar-refractivity contribution in [3.8, 4) is 0 Å². The van der Waals surface area contributed by atoms with Gasteiger partial charge in [-0.05, 0) is 30.5 Å². The number of hydrogen-bond acceptors (Lipinski definition) is 3. The molecule has 2 aromatic rings. The Hall–Kier alpha value is -2.77. The number of furan rings is 1. The van der Waals surface area contributed by atoms with Gasteiger partial charge in [-0.1, -0.05) is 49.6 Å². The molecule has 0 aliphatic heterocycles. The van der Waals surface area contributed by atoms with Gasteiger partial charge < -0.3 is 14.6 Å². The van der Waals surface area contributed by atoms with E-state index in [1.165, 1.54) is 18.4 Å². The topological polar surface area (TPSA) is 62.6 Å². The maximum absolute atomic E-state index is 13.4. The van der Waals surface area contributed by atoms with Gasteiger partial charge in [-0.2, -0.15) is 13.2 Å². The Kier molecular flexibility index (Phi) is 6.61. The molecule has 1 aromatic heterocycles. The summed E-state index contributed by atoms with van der Waals surface area (Å²) in [4.78, 5) is 25.9. The lowest BCUT2D eigenvalue weighted by atomic mass is 9.95. The summed E-state index contributed by atoms with van der Waals surface area (Å²) < 4.78 is 45.4. The van der Waals surface area contributed by atoms with E-state index >= 15 is 0 Å². The highest BCUT2D eigenvalue weighted by molar-refractivity contribution is 5.90. The third kappa shape index (κ3) is 5.40. The molecule has 5 nitrogen and oxygen atoms in total. The molecule has 1 heterocycles. The molecule has 2 amide bonds. The zero-order valence-corrected chi connectivity index (χ0v) is 15.8. The maximum Gasteiger partial charge on any atom is 0.471 e. The van der Waals surface area contributed by atoms with Gasteiger partial charge in [0.2, 0.25) is 0 Å². The van der Waals surface area contributed by atoms with Crippen LogP contribution in [0.4, 0.5) is 13.2 Å². The summed E-state index contributed by atoms with van der Waals surface area (Å²) in [5.41, 5.74) is 0.479. The summed E-state index contributed by atoms with van der Waals surface area (Å²) in [6.07, 6.45) is 0.655. The fraction of sp³-hybridized carbons (Fsp3) is 0.429. The predicted molar refractivity (Wildman–Crippen MR) is 99.5 cm³/mol. The van der Waals surface area contributed by atoms with Crippen LogP contribution >= 0.6 is 0 Å². The molecule has 1 N–H and O–H groups in total. The van der Waals surface area contributed by atoms with E-state index in [4.69, 9.17) is 4.42 Å². The lowest BCUT2D eigenvalue weighted by Crippen LogP contribution is -2.50. The molecular weight excluding hydrogens is 385 g/mol. The Balaban J connectivity index is 1.93. The van der Waals surface area contributed by atoms with E-state index in [-0.39, 0.29) is 18.3 Å². The van der Waals surface area contributed by atoms with Gasteiger partial charge in [0.05, 0.1) is 6.26 Å². The number of amides is 2. The van der Waals surface area contributed by atoms with E-state index in [0.717, 1.165) is 32.1 Å². The fourth-order valence-electron chi connectivity index (χ4n) is 3.62. The van der Waals surface area contributed by atoms with Crippen LogP contribution in [-0.4, -0.2) is 28.9 Å². The van der Waals surface area contributed by atoms with E-state index in [2.05, 4.69) is 5.32 Å². The van der Waals surface area contributed by atoms with Gasteiger partial charge in [0.1, 0.15) is 5.76 Å². The first kappa shape index (κ1) is 21.0. The zero-order chi connectivity index (χ0) is 20.9. The Morgan fingerprint density at radius 3 is 2.34 bits per heavy atom. The van der Waals surface area contributed by atoms with E-state index in [1.54, 1.807) is 30.3 Å². The van der Waals surface area contributed by atoms with Crippen LogP contribution in [0.2, 0.25) is 0 Å². The first-order valence-corrected chi connectivity index (χ1v) is 9.62. The van der Waals surface area contributed by atoms with Crippen molar-refractivity contribution in [2.24, 2.45) is 0 Å². The van der Waals surface area contributed by atoms with Crippen LogP contribution in [0.5, 0.6) is 0 Å². The lowest BCUT2D eigenvalue weighted by molar-refractivity contribution is -0.190. The second-order valence-corrected chi connectivity index (χ2v) is 7.18.